The van der Waals surface area contributed by atoms with Gasteiger partial charge in [-0.2, -0.15) is 0 Å². The number of carbonyl (C=O) groups is 1. The van der Waals surface area contributed by atoms with E-state index < -0.39 is 40.8 Å². The van der Waals surface area contributed by atoms with Crippen LogP contribution in [0.1, 0.15) is 29.3 Å². The average molecular weight is 303 g/mol. The van der Waals surface area contributed by atoms with Crippen molar-refractivity contribution in [2.24, 2.45) is 0 Å². The van der Waals surface area contributed by atoms with E-state index in [1.54, 1.807) is 0 Å². The number of rotatable bonds is 4. The fourth-order valence-corrected chi connectivity index (χ4v) is 1.47. The molecule has 1 aromatic rings. The summed E-state index contributed by atoms with van der Waals surface area (Å²) in [5.74, 6) is -1.65. The van der Waals surface area contributed by atoms with Gasteiger partial charge in [0.2, 0.25) is 0 Å². The minimum absolute atomic E-state index is 0.584. The van der Waals surface area contributed by atoms with Crippen LogP contribution in [0.15, 0.2) is 18.2 Å². The SMILES string of the molecule is CC(Cl)C(=O)c1cc(OC(F)(F)F)ccc1C(F)F. The predicted octanol–water partition coefficient (Wildman–Crippen LogP) is 4.33. The highest BCUT2D eigenvalue weighted by atomic mass is 35.5. The van der Waals surface area contributed by atoms with Gasteiger partial charge in [-0.3, -0.25) is 4.79 Å². The summed E-state index contributed by atoms with van der Waals surface area (Å²) < 4.78 is 64.9. The molecule has 0 N–H and O–H groups in total. The Hall–Kier alpha value is -1.37. The molecule has 0 fully saturated rings. The first-order chi connectivity index (χ1) is 8.61. The Labute approximate surface area is 110 Å². The van der Waals surface area contributed by atoms with Gasteiger partial charge in [0.05, 0.1) is 5.38 Å². The number of carbonyl (C=O) groups excluding carboxylic acids is 1. The fourth-order valence-electron chi connectivity index (χ4n) is 1.35. The van der Waals surface area contributed by atoms with Crippen molar-refractivity contribution in [3.05, 3.63) is 29.3 Å². The monoisotopic (exact) mass is 302 g/mol. The Bertz CT molecular complexity index is 471. The molecule has 106 valence electrons. The molecule has 0 saturated carbocycles. The van der Waals surface area contributed by atoms with Crippen molar-refractivity contribution < 1.29 is 31.5 Å². The molecule has 0 aliphatic rings. The minimum atomic E-state index is -4.97. The van der Waals surface area contributed by atoms with Gasteiger partial charge < -0.3 is 4.74 Å². The number of alkyl halides is 6. The van der Waals surface area contributed by atoms with Crippen molar-refractivity contribution in [1.82, 2.24) is 0 Å². The number of halogens is 6. The number of ether oxygens (including phenoxy) is 1. The second-order valence-electron chi connectivity index (χ2n) is 3.58. The topological polar surface area (TPSA) is 26.3 Å². The quantitative estimate of drug-likeness (QED) is 0.470. The summed E-state index contributed by atoms with van der Waals surface area (Å²) in [5.41, 5.74) is -1.27. The number of hydrogen-bond acceptors (Lipinski definition) is 2. The van der Waals surface area contributed by atoms with Crippen LogP contribution in [0, 0.1) is 0 Å². The van der Waals surface area contributed by atoms with Crippen molar-refractivity contribution >= 4 is 17.4 Å². The Balaban J connectivity index is 3.22. The van der Waals surface area contributed by atoms with Crippen LogP contribution in [0.3, 0.4) is 0 Å². The lowest BCUT2D eigenvalue weighted by Crippen LogP contribution is -2.18. The van der Waals surface area contributed by atoms with Crippen molar-refractivity contribution in [3.63, 3.8) is 0 Å². The molecule has 0 aliphatic heterocycles. The zero-order valence-corrected chi connectivity index (χ0v) is 10.2. The molecule has 0 bridgehead atoms. The van der Waals surface area contributed by atoms with Gasteiger partial charge in [-0.15, -0.1) is 24.8 Å². The molecule has 1 unspecified atom stereocenters. The molecule has 2 nitrogen and oxygen atoms in total. The van der Waals surface area contributed by atoms with E-state index in [2.05, 4.69) is 4.74 Å². The molecular formula is C11H8ClF5O2. The highest BCUT2D eigenvalue weighted by Gasteiger charge is 2.32. The zero-order valence-electron chi connectivity index (χ0n) is 9.47. The Morgan fingerprint density at radius 2 is 1.89 bits per heavy atom. The summed E-state index contributed by atoms with van der Waals surface area (Å²) in [6.07, 6.45) is -7.98. The normalized spacial score (nSPS) is 13.5. The van der Waals surface area contributed by atoms with Gasteiger partial charge in [0.15, 0.2) is 5.78 Å². The van der Waals surface area contributed by atoms with Crippen LogP contribution in [0.2, 0.25) is 0 Å². The van der Waals surface area contributed by atoms with Crippen molar-refractivity contribution in [1.29, 1.82) is 0 Å². The predicted molar refractivity (Wildman–Crippen MR) is 57.7 cm³/mol. The third kappa shape index (κ3) is 4.34. The highest BCUT2D eigenvalue weighted by Crippen LogP contribution is 2.30. The van der Waals surface area contributed by atoms with Crippen molar-refractivity contribution in [2.45, 2.75) is 25.1 Å². The van der Waals surface area contributed by atoms with Crippen molar-refractivity contribution in [2.75, 3.05) is 0 Å². The summed E-state index contributed by atoms with van der Waals surface area (Å²) in [6.45, 7) is 1.23. The molecule has 0 saturated heterocycles. The average Bonchev–Trinajstić information content (AvgIpc) is 2.25. The molecular weight excluding hydrogens is 295 g/mol. The lowest BCUT2D eigenvalue weighted by Gasteiger charge is -2.13. The van der Waals surface area contributed by atoms with Gasteiger partial charge in [0, 0.05) is 11.1 Å². The maximum absolute atomic E-state index is 12.7. The van der Waals surface area contributed by atoms with Crippen LogP contribution in [-0.4, -0.2) is 17.5 Å². The van der Waals surface area contributed by atoms with Crippen molar-refractivity contribution in [3.8, 4) is 5.75 Å². The second-order valence-corrected chi connectivity index (χ2v) is 4.23. The van der Waals surface area contributed by atoms with E-state index >= 15 is 0 Å². The number of ketones is 1. The lowest BCUT2D eigenvalue weighted by molar-refractivity contribution is -0.274. The summed E-state index contributed by atoms with van der Waals surface area (Å²) in [4.78, 5) is 11.6. The molecule has 0 amide bonds. The molecule has 19 heavy (non-hydrogen) atoms. The third-order valence-electron chi connectivity index (χ3n) is 2.12. The van der Waals surface area contributed by atoms with E-state index in [0.29, 0.717) is 18.2 Å². The van der Waals surface area contributed by atoms with Crippen LogP contribution >= 0.6 is 11.6 Å². The van der Waals surface area contributed by atoms with Crippen LogP contribution in [0.5, 0.6) is 5.75 Å². The Morgan fingerprint density at radius 1 is 1.32 bits per heavy atom. The van der Waals surface area contributed by atoms with E-state index in [1.807, 2.05) is 0 Å². The Kier molecular flexibility index (Phi) is 4.73. The first kappa shape index (κ1) is 15.7. The van der Waals surface area contributed by atoms with E-state index in [1.165, 1.54) is 6.92 Å². The lowest BCUT2D eigenvalue weighted by atomic mass is 10.0. The molecule has 0 aliphatic carbocycles. The van der Waals surface area contributed by atoms with E-state index in [-0.39, 0.29) is 0 Å². The van der Waals surface area contributed by atoms with Crippen LogP contribution < -0.4 is 4.74 Å². The largest absolute Gasteiger partial charge is 0.573 e. The summed E-state index contributed by atoms with van der Waals surface area (Å²) in [6, 6.07) is 2.03. The third-order valence-corrected chi connectivity index (χ3v) is 2.32. The first-order valence-electron chi connectivity index (χ1n) is 4.98. The summed E-state index contributed by atoms with van der Waals surface area (Å²) in [5, 5.41) is -1.14. The second kappa shape index (κ2) is 5.73. The first-order valence-corrected chi connectivity index (χ1v) is 5.41. The van der Waals surface area contributed by atoms with Gasteiger partial charge in [-0.25, -0.2) is 8.78 Å². The fraction of sp³-hybridized carbons (Fsp3) is 0.364. The smallest absolute Gasteiger partial charge is 0.406 e. The van der Waals surface area contributed by atoms with Gasteiger partial charge in [-0.1, -0.05) is 0 Å². The molecule has 1 rings (SSSR count). The standard InChI is InChI=1S/C11H8ClF5O2/c1-5(12)9(18)8-4-6(19-11(15,16)17)2-3-7(8)10(13)14/h2-5,10H,1H3. The summed E-state index contributed by atoms with van der Waals surface area (Å²) in [7, 11) is 0. The summed E-state index contributed by atoms with van der Waals surface area (Å²) >= 11 is 5.47. The van der Waals surface area contributed by atoms with Gasteiger partial charge in [-0.05, 0) is 25.1 Å². The van der Waals surface area contributed by atoms with Crippen LogP contribution in [0.25, 0.3) is 0 Å². The Morgan fingerprint density at radius 3 is 2.32 bits per heavy atom. The molecule has 0 aromatic heterocycles. The van der Waals surface area contributed by atoms with E-state index in [4.69, 9.17) is 11.6 Å². The number of benzene rings is 1. The number of Topliss-reactive ketones (excluding diaryl/α,β-unsaturated/α-hetero) is 1. The molecule has 1 atom stereocenters. The molecule has 0 spiro atoms. The maximum atomic E-state index is 12.7. The van der Waals surface area contributed by atoms with Crippen LogP contribution in [0.4, 0.5) is 22.0 Å². The minimum Gasteiger partial charge on any atom is -0.406 e. The van der Waals surface area contributed by atoms with Gasteiger partial charge >= 0.3 is 6.36 Å². The molecule has 0 heterocycles. The van der Waals surface area contributed by atoms with Gasteiger partial charge in [0.1, 0.15) is 5.75 Å². The van der Waals surface area contributed by atoms with E-state index in [0.717, 1.165) is 0 Å². The number of hydrogen-bond donors (Lipinski definition) is 0. The van der Waals surface area contributed by atoms with E-state index in [9.17, 15) is 26.7 Å². The van der Waals surface area contributed by atoms with Gasteiger partial charge in [0.25, 0.3) is 6.43 Å². The molecule has 0 radical (unpaired) electrons. The molecule has 1 aromatic carbocycles. The highest BCUT2D eigenvalue weighted by molar-refractivity contribution is 6.33. The van der Waals surface area contributed by atoms with Crippen LogP contribution in [-0.2, 0) is 0 Å². The maximum Gasteiger partial charge on any atom is 0.573 e. The molecule has 8 heteroatoms. The zero-order chi connectivity index (χ0) is 14.8.